The molecule has 0 spiro atoms. The molecule has 140 valence electrons. The lowest BCUT2D eigenvalue weighted by atomic mass is 9.74. The van der Waals surface area contributed by atoms with Crippen LogP contribution in [0, 0.1) is 17.3 Å². The van der Waals surface area contributed by atoms with E-state index in [1.807, 2.05) is 12.1 Å². The van der Waals surface area contributed by atoms with E-state index in [1.165, 1.54) is 24.8 Å². The van der Waals surface area contributed by atoms with Gasteiger partial charge < -0.3 is 5.73 Å². The number of hydrogen-bond acceptors (Lipinski definition) is 4. The fourth-order valence-corrected chi connectivity index (χ4v) is 5.83. The summed E-state index contributed by atoms with van der Waals surface area (Å²) >= 11 is 0. The van der Waals surface area contributed by atoms with Gasteiger partial charge in [0.05, 0.1) is 12.4 Å². The summed E-state index contributed by atoms with van der Waals surface area (Å²) in [6.45, 7) is 7.39. The first-order chi connectivity index (χ1) is 11.7. The van der Waals surface area contributed by atoms with Crippen molar-refractivity contribution < 1.29 is 13.3 Å². The molecule has 1 aromatic rings. The van der Waals surface area contributed by atoms with Crippen LogP contribution < -0.4 is 10.6 Å². The molecule has 2 aliphatic carbocycles. The zero-order valence-corrected chi connectivity index (χ0v) is 16.2. The van der Waals surface area contributed by atoms with E-state index < -0.39 is 10.0 Å². The number of nitrogens with one attached hydrogen (secondary N) is 1. The lowest BCUT2D eigenvalue weighted by Crippen LogP contribution is -2.30. The standard InChI is InChI=1S/C19H30N2O3S/c1-14-8-9-17-18(2,3)19(17,12-14)16-7-5-4-6-15(16)13-24-21-25(22,23)11-10-20/h4-7,14,17,21H,8-13,20H2,1-3H3. The van der Waals surface area contributed by atoms with Crippen LogP contribution in [0.15, 0.2) is 24.3 Å². The van der Waals surface area contributed by atoms with Gasteiger partial charge in [-0.1, -0.05) is 56.3 Å². The van der Waals surface area contributed by atoms with Gasteiger partial charge in [-0.15, -0.1) is 0 Å². The lowest BCUT2D eigenvalue weighted by molar-refractivity contribution is 0.0784. The predicted octanol–water partition coefficient (Wildman–Crippen LogP) is 2.71. The third-order valence-electron chi connectivity index (χ3n) is 6.45. The van der Waals surface area contributed by atoms with Crippen LogP contribution in [0.5, 0.6) is 0 Å². The van der Waals surface area contributed by atoms with Crippen LogP contribution in [0.1, 0.15) is 51.2 Å². The summed E-state index contributed by atoms with van der Waals surface area (Å²) in [6, 6.07) is 8.32. The number of sulfonamides is 1. The minimum Gasteiger partial charge on any atom is -0.329 e. The van der Waals surface area contributed by atoms with Crippen LogP contribution in [0.2, 0.25) is 0 Å². The number of benzene rings is 1. The number of nitrogens with two attached hydrogens (primary N) is 1. The number of fused-ring (bicyclic) bond motifs is 1. The van der Waals surface area contributed by atoms with Crippen molar-refractivity contribution in [3.63, 3.8) is 0 Å². The van der Waals surface area contributed by atoms with Gasteiger partial charge in [-0.05, 0) is 41.2 Å². The van der Waals surface area contributed by atoms with Gasteiger partial charge in [0.15, 0.2) is 0 Å². The van der Waals surface area contributed by atoms with Gasteiger partial charge in [-0.3, -0.25) is 4.84 Å². The molecule has 5 nitrogen and oxygen atoms in total. The zero-order valence-electron chi connectivity index (χ0n) is 15.4. The Kier molecular flexibility index (Phi) is 5.01. The maximum Gasteiger partial charge on any atom is 0.234 e. The highest BCUT2D eigenvalue weighted by molar-refractivity contribution is 7.89. The van der Waals surface area contributed by atoms with Crippen molar-refractivity contribution >= 4 is 10.0 Å². The molecule has 3 unspecified atom stereocenters. The summed E-state index contributed by atoms with van der Waals surface area (Å²) in [5, 5.41) is 0. The molecule has 0 bridgehead atoms. The third kappa shape index (κ3) is 3.25. The van der Waals surface area contributed by atoms with E-state index in [4.69, 9.17) is 10.6 Å². The van der Waals surface area contributed by atoms with Crippen LogP contribution >= 0.6 is 0 Å². The van der Waals surface area contributed by atoms with Crippen LogP contribution in [0.25, 0.3) is 0 Å². The molecule has 0 saturated heterocycles. The topological polar surface area (TPSA) is 81.4 Å². The van der Waals surface area contributed by atoms with E-state index in [2.05, 4.69) is 37.8 Å². The largest absolute Gasteiger partial charge is 0.329 e. The average molecular weight is 367 g/mol. The predicted molar refractivity (Wildman–Crippen MR) is 99.2 cm³/mol. The molecule has 0 amide bonds. The van der Waals surface area contributed by atoms with Crippen LogP contribution in [-0.2, 0) is 26.9 Å². The molecule has 0 aliphatic heterocycles. The fraction of sp³-hybridized carbons (Fsp3) is 0.684. The van der Waals surface area contributed by atoms with E-state index in [-0.39, 0.29) is 29.7 Å². The van der Waals surface area contributed by atoms with Crippen LogP contribution in [-0.4, -0.2) is 20.7 Å². The molecule has 25 heavy (non-hydrogen) atoms. The van der Waals surface area contributed by atoms with Gasteiger partial charge in [0.2, 0.25) is 10.0 Å². The van der Waals surface area contributed by atoms with Gasteiger partial charge in [-0.25, -0.2) is 8.42 Å². The maximum absolute atomic E-state index is 11.7. The Morgan fingerprint density at radius 3 is 2.72 bits per heavy atom. The molecule has 3 atom stereocenters. The third-order valence-corrected chi connectivity index (χ3v) is 7.59. The van der Waals surface area contributed by atoms with E-state index in [0.717, 1.165) is 11.5 Å². The van der Waals surface area contributed by atoms with Gasteiger partial charge in [0.1, 0.15) is 0 Å². The van der Waals surface area contributed by atoms with Gasteiger partial charge in [0.25, 0.3) is 0 Å². The highest BCUT2D eigenvalue weighted by Crippen LogP contribution is 2.76. The van der Waals surface area contributed by atoms with Crippen molar-refractivity contribution in [3.8, 4) is 0 Å². The van der Waals surface area contributed by atoms with Gasteiger partial charge in [0, 0.05) is 12.0 Å². The first-order valence-corrected chi connectivity index (χ1v) is 10.8. The molecular formula is C19H30N2O3S. The first kappa shape index (κ1) is 18.8. The van der Waals surface area contributed by atoms with Gasteiger partial charge in [-0.2, -0.15) is 0 Å². The SMILES string of the molecule is CC1CCC2C(C)(C)C2(c2ccccc2CONS(=O)(=O)CCN)C1. The highest BCUT2D eigenvalue weighted by Gasteiger charge is 2.72. The second-order valence-corrected chi connectivity index (χ2v) is 10.1. The van der Waals surface area contributed by atoms with E-state index >= 15 is 0 Å². The Labute approximate surface area is 151 Å². The van der Waals surface area contributed by atoms with Crippen LogP contribution in [0.4, 0.5) is 0 Å². The van der Waals surface area contributed by atoms with Crippen molar-refractivity contribution in [2.45, 2.75) is 52.1 Å². The van der Waals surface area contributed by atoms with Gasteiger partial charge >= 0.3 is 0 Å². The Hall–Kier alpha value is -0.950. The summed E-state index contributed by atoms with van der Waals surface area (Å²) in [5.41, 5.74) is 8.19. The summed E-state index contributed by atoms with van der Waals surface area (Å²) in [6.07, 6.45) is 3.76. The van der Waals surface area contributed by atoms with E-state index in [0.29, 0.717) is 5.92 Å². The second-order valence-electron chi connectivity index (χ2n) is 8.27. The van der Waals surface area contributed by atoms with Crippen LogP contribution in [0.3, 0.4) is 0 Å². The molecule has 3 rings (SSSR count). The molecule has 1 aromatic carbocycles. The second kappa shape index (κ2) is 6.65. The van der Waals surface area contributed by atoms with Crippen molar-refractivity contribution in [1.29, 1.82) is 0 Å². The normalized spacial score (nSPS) is 30.7. The summed E-state index contributed by atoms with van der Waals surface area (Å²) < 4.78 is 23.4. The first-order valence-electron chi connectivity index (χ1n) is 9.14. The molecule has 2 saturated carbocycles. The molecular weight excluding hydrogens is 336 g/mol. The Morgan fingerprint density at radius 2 is 2.00 bits per heavy atom. The number of hydrogen-bond donors (Lipinski definition) is 2. The zero-order chi connectivity index (χ0) is 18.3. The van der Waals surface area contributed by atoms with Crippen molar-refractivity contribution in [1.82, 2.24) is 4.89 Å². The maximum atomic E-state index is 11.7. The smallest absolute Gasteiger partial charge is 0.234 e. The van der Waals surface area contributed by atoms with E-state index in [1.54, 1.807) is 0 Å². The van der Waals surface area contributed by atoms with Crippen molar-refractivity contribution in [3.05, 3.63) is 35.4 Å². The summed E-state index contributed by atoms with van der Waals surface area (Å²) in [4.78, 5) is 7.52. The Balaban J connectivity index is 1.80. The van der Waals surface area contributed by atoms with Crippen molar-refractivity contribution in [2.75, 3.05) is 12.3 Å². The molecule has 0 radical (unpaired) electrons. The summed E-state index contributed by atoms with van der Waals surface area (Å²) in [7, 11) is -3.47. The molecule has 0 aromatic heterocycles. The molecule has 0 heterocycles. The Bertz CT molecular complexity index is 732. The minimum absolute atomic E-state index is 0.0755. The number of rotatable bonds is 7. The van der Waals surface area contributed by atoms with E-state index in [9.17, 15) is 8.42 Å². The molecule has 3 N–H and O–H groups in total. The highest BCUT2D eigenvalue weighted by atomic mass is 32.2. The fourth-order valence-electron chi connectivity index (χ4n) is 5.20. The monoisotopic (exact) mass is 366 g/mol. The molecule has 2 fully saturated rings. The summed E-state index contributed by atoms with van der Waals surface area (Å²) in [5.74, 6) is 1.28. The Morgan fingerprint density at radius 1 is 1.28 bits per heavy atom. The minimum atomic E-state index is -3.47. The average Bonchev–Trinajstić information content (AvgIpc) is 3.03. The lowest BCUT2D eigenvalue weighted by Gasteiger charge is -2.30. The quantitative estimate of drug-likeness (QED) is 0.727. The molecule has 6 heteroatoms. The van der Waals surface area contributed by atoms with Crippen molar-refractivity contribution in [2.24, 2.45) is 23.0 Å². The molecule has 2 aliphatic rings.